The van der Waals surface area contributed by atoms with E-state index in [0.29, 0.717) is 26.4 Å². The Balaban J connectivity index is 4.12. The molecule has 0 fully saturated rings. The number of rotatable bonds is 11. The second kappa shape index (κ2) is 10.2. The van der Waals surface area contributed by atoms with Gasteiger partial charge in [-0.15, -0.1) is 0 Å². The highest BCUT2D eigenvalue weighted by atomic mass is 28.2. The zero-order chi connectivity index (χ0) is 12.3. The molecule has 0 spiro atoms. The van der Waals surface area contributed by atoms with E-state index in [-0.39, 0.29) is 0 Å². The van der Waals surface area contributed by atoms with Crippen molar-refractivity contribution in [2.75, 3.05) is 26.4 Å². The quantitative estimate of drug-likeness (QED) is 0.330. The highest BCUT2D eigenvalue weighted by Crippen LogP contribution is 2.17. The van der Waals surface area contributed by atoms with E-state index in [4.69, 9.17) is 24.4 Å². The van der Waals surface area contributed by atoms with Crippen molar-refractivity contribution in [3.8, 4) is 0 Å². The summed E-state index contributed by atoms with van der Waals surface area (Å²) in [7, 11) is -0.720. The molecule has 5 nitrogen and oxygen atoms in total. The minimum Gasteiger partial charge on any atom is -0.353 e. The average molecular weight is 251 g/mol. The van der Waals surface area contributed by atoms with Gasteiger partial charge in [-0.2, -0.15) is 0 Å². The summed E-state index contributed by atoms with van der Waals surface area (Å²) in [5.74, 6) is 0. The van der Waals surface area contributed by atoms with Crippen molar-refractivity contribution in [3.05, 3.63) is 0 Å². The summed E-state index contributed by atoms with van der Waals surface area (Å²) in [6.45, 7) is 7.83. The maximum absolute atomic E-state index is 5.67. The normalized spacial score (nSPS) is 12.8. The van der Waals surface area contributed by atoms with E-state index in [2.05, 4.69) is 0 Å². The molecule has 0 bridgehead atoms. The van der Waals surface area contributed by atoms with Crippen molar-refractivity contribution in [3.63, 3.8) is 0 Å². The lowest BCUT2D eigenvalue weighted by molar-refractivity contribution is -0.469. The summed E-state index contributed by atoms with van der Waals surface area (Å²) in [5.41, 5.74) is 5.43. The van der Waals surface area contributed by atoms with E-state index >= 15 is 0 Å². The van der Waals surface area contributed by atoms with Gasteiger partial charge in [0, 0.05) is 0 Å². The fourth-order valence-electron chi connectivity index (χ4n) is 1.22. The van der Waals surface area contributed by atoms with Crippen molar-refractivity contribution < 1.29 is 18.6 Å². The number of hydrogen-bond donors (Lipinski definition) is 1. The fourth-order valence-corrected chi connectivity index (χ4v) is 2.36. The van der Waals surface area contributed by atoms with Crippen LogP contribution in [0.5, 0.6) is 0 Å². The molecule has 0 unspecified atom stereocenters. The molecule has 0 saturated heterocycles. The lowest BCUT2D eigenvalue weighted by atomic mass is 10.5. The van der Waals surface area contributed by atoms with Crippen molar-refractivity contribution in [1.82, 2.24) is 0 Å². The van der Waals surface area contributed by atoms with Crippen molar-refractivity contribution in [2.45, 2.75) is 39.4 Å². The highest BCUT2D eigenvalue weighted by Gasteiger charge is 2.33. The molecule has 0 heterocycles. The smallest absolute Gasteiger partial charge is 0.353 e. The van der Waals surface area contributed by atoms with Gasteiger partial charge in [-0.05, 0) is 39.8 Å². The molecule has 0 radical (unpaired) electrons. The van der Waals surface area contributed by atoms with Gasteiger partial charge in [-0.25, -0.2) is 0 Å². The summed E-state index contributed by atoms with van der Waals surface area (Å²) in [5, 5.41) is 0. The van der Waals surface area contributed by atoms with E-state index in [1.165, 1.54) is 0 Å². The Morgan fingerprint density at radius 2 is 1.50 bits per heavy atom. The van der Waals surface area contributed by atoms with E-state index < -0.39 is 15.9 Å². The first-order valence-corrected chi connectivity index (χ1v) is 7.58. The minimum atomic E-state index is -1.28. The van der Waals surface area contributed by atoms with Gasteiger partial charge in [0.05, 0.1) is 19.8 Å². The Kier molecular flexibility index (Phi) is 10.2. The molecule has 0 rings (SSSR count). The Labute approximate surface area is 101 Å². The molecule has 0 aromatic rings. The van der Waals surface area contributed by atoms with E-state index in [1.807, 2.05) is 20.8 Å². The number of hydrogen-bond acceptors (Lipinski definition) is 5. The minimum absolute atomic E-state index is 0.491. The van der Waals surface area contributed by atoms with E-state index in [0.717, 1.165) is 12.5 Å². The van der Waals surface area contributed by atoms with Gasteiger partial charge in [0.25, 0.3) is 0 Å². The molecule has 0 aliphatic heterocycles. The molecule has 98 valence electrons. The van der Waals surface area contributed by atoms with Gasteiger partial charge in [-0.1, -0.05) is 0 Å². The van der Waals surface area contributed by atoms with Crippen molar-refractivity contribution >= 4 is 9.76 Å². The van der Waals surface area contributed by atoms with Crippen LogP contribution in [0.3, 0.4) is 0 Å². The van der Waals surface area contributed by atoms with Crippen LogP contribution >= 0.6 is 0 Å². The van der Waals surface area contributed by atoms with Crippen LogP contribution in [0.4, 0.5) is 0 Å². The molecular weight excluding hydrogens is 226 g/mol. The Hall–Kier alpha value is 0.0169. The fraction of sp³-hybridized carbons (Fsp3) is 1.00. The molecule has 0 saturated carbocycles. The van der Waals surface area contributed by atoms with Gasteiger partial charge >= 0.3 is 6.16 Å². The molecule has 0 atom stereocenters. The molecule has 0 aliphatic carbocycles. The predicted molar refractivity (Wildman–Crippen MR) is 65.7 cm³/mol. The van der Waals surface area contributed by atoms with Crippen LogP contribution in [-0.4, -0.2) is 42.3 Å². The van der Waals surface area contributed by atoms with Crippen LogP contribution < -0.4 is 5.73 Å². The summed E-state index contributed by atoms with van der Waals surface area (Å²) in [6, 6.07) is 1.01. The third-order valence-electron chi connectivity index (χ3n) is 1.84. The number of nitrogens with two attached hydrogens (primary N) is 1. The number of ether oxygens (including phenoxy) is 3. The van der Waals surface area contributed by atoms with Crippen molar-refractivity contribution in [1.29, 1.82) is 0 Å². The summed E-state index contributed by atoms with van der Waals surface area (Å²) < 4.78 is 22.0. The first-order chi connectivity index (χ1) is 7.74. The zero-order valence-electron chi connectivity index (χ0n) is 10.7. The van der Waals surface area contributed by atoms with Crippen molar-refractivity contribution in [2.24, 2.45) is 5.73 Å². The van der Waals surface area contributed by atoms with E-state index in [9.17, 15) is 0 Å². The lowest BCUT2D eigenvalue weighted by Crippen LogP contribution is -2.43. The molecule has 0 aliphatic rings. The van der Waals surface area contributed by atoms with Crippen LogP contribution in [0.25, 0.3) is 0 Å². The predicted octanol–water partition coefficient (Wildman–Crippen LogP) is 0.575. The monoisotopic (exact) mass is 251 g/mol. The SMILES string of the molecule is CCOC(OCC)(OCC)O[SiH2]CCCN. The molecule has 0 aromatic carbocycles. The third kappa shape index (κ3) is 6.57. The second-order valence-corrected chi connectivity index (χ2v) is 4.55. The first-order valence-electron chi connectivity index (χ1n) is 6.00. The van der Waals surface area contributed by atoms with Crippen LogP contribution in [0.2, 0.25) is 6.04 Å². The topological polar surface area (TPSA) is 62.9 Å². The van der Waals surface area contributed by atoms with Gasteiger partial charge < -0.3 is 24.4 Å². The Morgan fingerprint density at radius 3 is 1.88 bits per heavy atom. The second-order valence-electron chi connectivity index (χ2n) is 3.14. The van der Waals surface area contributed by atoms with Gasteiger partial charge in [0.2, 0.25) is 0 Å². The highest BCUT2D eigenvalue weighted by molar-refractivity contribution is 6.27. The van der Waals surface area contributed by atoms with Crippen LogP contribution in [0.1, 0.15) is 27.2 Å². The molecule has 2 N–H and O–H groups in total. The van der Waals surface area contributed by atoms with Crippen LogP contribution in [0, 0.1) is 0 Å². The van der Waals surface area contributed by atoms with Gasteiger partial charge in [0.1, 0.15) is 0 Å². The zero-order valence-corrected chi connectivity index (χ0v) is 12.1. The van der Waals surface area contributed by atoms with E-state index in [1.54, 1.807) is 0 Å². The first kappa shape index (κ1) is 16.0. The average Bonchev–Trinajstić information content (AvgIpc) is 2.26. The van der Waals surface area contributed by atoms with Gasteiger partial charge in [0.15, 0.2) is 9.76 Å². The van der Waals surface area contributed by atoms with Crippen LogP contribution in [0.15, 0.2) is 0 Å². The maximum Gasteiger partial charge on any atom is 0.402 e. The molecule has 0 aromatic heterocycles. The largest absolute Gasteiger partial charge is 0.402 e. The summed E-state index contributed by atoms with van der Waals surface area (Å²) in [6.07, 6.45) is -0.300. The van der Waals surface area contributed by atoms with Crippen LogP contribution in [-0.2, 0) is 18.6 Å². The molecule has 0 amide bonds. The van der Waals surface area contributed by atoms with Gasteiger partial charge in [-0.3, -0.25) is 0 Å². The molecule has 16 heavy (non-hydrogen) atoms. The summed E-state index contributed by atoms with van der Waals surface area (Å²) >= 11 is 0. The molecule has 6 heteroatoms. The molecular formula is C10H25NO4Si. The maximum atomic E-state index is 5.67. The Morgan fingerprint density at radius 1 is 1.00 bits per heavy atom. The third-order valence-corrected chi connectivity index (χ3v) is 3.19. The lowest BCUT2D eigenvalue weighted by Gasteiger charge is -2.31. The standard InChI is InChI=1S/C10H25NO4Si/c1-4-12-10(13-5-2,14-6-3)15-16-9-7-8-11/h4-9,11,16H2,1-3H3. The summed E-state index contributed by atoms with van der Waals surface area (Å²) in [4.78, 5) is 0. The Bertz CT molecular complexity index is 143.